The first-order valence-corrected chi connectivity index (χ1v) is 10.5. The second-order valence-electron chi connectivity index (χ2n) is 8.07. The van der Waals surface area contributed by atoms with Crippen LogP contribution in [0.2, 0.25) is 0 Å². The third-order valence-corrected chi connectivity index (χ3v) is 6.13. The highest BCUT2D eigenvalue weighted by molar-refractivity contribution is 5.92. The highest BCUT2D eigenvalue weighted by Crippen LogP contribution is 2.40. The zero-order valence-electron chi connectivity index (χ0n) is 17.4. The van der Waals surface area contributed by atoms with Crippen LogP contribution in [-0.4, -0.2) is 62.6 Å². The molecule has 5 rings (SSSR count). The fourth-order valence-electron chi connectivity index (χ4n) is 4.45. The van der Waals surface area contributed by atoms with E-state index in [-0.39, 0.29) is 11.3 Å². The minimum Gasteiger partial charge on any atom is -0.364 e. The molecule has 3 aromatic rings. The minimum absolute atomic E-state index is 0.140. The van der Waals surface area contributed by atoms with Gasteiger partial charge in [-0.25, -0.2) is 13.9 Å². The number of H-pyrrole nitrogens is 1. The van der Waals surface area contributed by atoms with E-state index in [4.69, 9.17) is 0 Å². The molecule has 2 unspecified atom stereocenters. The number of hydrogen-bond donors (Lipinski definition) is 2. The summed E-state index contributed by atoms with van der Waals surface area (Å²) >= 11 is 0. The van der Waals surface area contributed by atoms with Crippen molar-refractivity contribution in [3.63, 3.8) is 0 Å². The molecule has 0 spiro atoms. The predicted molar refractivity (Wildman–Crippen MR) is 113 cm³/mol. The van der Waals surface area contributed by atoms with Gasteiger partial charge in [-0.1, -0.05) is 6.92 Å². The molecular formula is C21H24FN7O2. The molecule has 1 amide bonds. The normalized spacial score (nSPS) is 20.7. The number of aromatic amines is 1. The number of amides is 1. The summed E-state index contributed by atoms with van der Waals surface area (Å²) < 4.78 is 16.1. The molecule has 1 saturated heterocycles. The fourth-order valence-corrected chi connectivity index (χ4v) is 4.45. The molecule has 1 saturated carbocycles. The molecule has 10 heteroatoms. The number of pyridine rings is 1. The van der Waals surface area contributed by atoms with Gasteiger partial charge in [0.2, 0.25) is 0 Å². The number of aryl methyl sites for hydroxylation is 1. The Morgan fingerprint density at radius 1 is 1.32 bits per heavy atom. The Kier molecular flexibility index (Phi) is 4.73. The van der Waals surface area contributed by atoms with Gasteiger partial charge in [-0.3, -0.25) is 14.5 Å². The zero-order valence-corrected chi connectivity index (χ0v) is 17.4. The lowest BCUT2D eigenvalue weighted by Crippen LogP contribution is -2.46. The van der Waals surface area contributed by atoms with Crippen molar-refractivity contribution < 1.29 is 9.18 Å². The van der Waals surface area contributed by atoms with Crippen LogP contribution in [0.4, 0.5) is 10.1 Å². The molecule has 0 aromatic carbocycles. The van der Waals surface area contributed by atoms with E-state index in [9.17, 15) is 14.0 Å². The number of fused-ring (bicyclic) bond motifs is 2. The van der Waals surface area contributed by atoms with E-state index in [1.54, 1.807) is 10.7 Å². The molecule has 31 heavy (non-hydrogen) atoms. The number of piperazine rings is 1. The SMILES string of the molecule is CCc1nn2cc(CN3CCN(c4cnc(C(=O)NC)c(F)c4)C4CC43)cc2[nH]c1=O. The van der Waals surface area contributed by atoms with Crippen LogP contribution >= 0.6 is 0 Å². The highest BCUT2D eigenvalue weighted by atomic mass is 19.1. The van der Waals surface area contributed by atoms with Gasteiger partial charge < -0.3 is 15.2 Å². The molecule has 2 atom stereocenters. The second kappa shape index (κ2) is 7.45. The minimum atomic E-state index is -0.607. The Bertz CT molecular complexity index is 1220. The molecule has 2 fully saturated rings. The smallest absolute Gasteiger partial charge is 0.273 e. The van der Waals surface area contributed by atoms with Crippen LogP contribution < -0.4 is 15.8 Å². The maximum atomic E-state index is 14.3. The molecule has 0 bridgehead atoms. The van der Waals surface area contributed by atoms with E-state index in [0.717, 1.165) is 31.6 Å². The predicted octanol–water partition coefficient (Wildman–Crippen LogP) is 0.942. The number of hydrogen-bond acceptors (Lipinski definition) is 6. The molecule has 9 nitrogen and oxygen atoms in total. The van der Waals surface area contributed by atoms with E-state index in [1.165, 1.54) is 13.1 Å². The van der Waals surface area contributed by atoms with E-state index >= 15 is 0 Å². The van der Waals surface area contributed by atoms with Crippen LogP contribution in [0.3, 0.4) is 0 Å². The van der Waals surface area contributed by atoms with Gasteiger partial charge in [0, 0.05) is 51.0 Å². The van der Waals surface area contributed by atoms with Crippen LogP contribution in [-0.2, 0) is 13.0 Å². The molecule has 4 heterocycles. The van der Waals surface area contributed by atoms with Gasteiger partial charge in [0.15, 0.2) is 11.5 Å². The maximum absolute atomic E-state index is 14.3. The van der Waals surface area contributed by atoms with Crippen molar-refractivity contribution in [2.45, 2.75) is 38.4 Å². The number of aromatic nitrogens is 4. The Balaban J connectivity index is 1.29. The lowest BCUT2D eigenvalue weighted by Gasteiger charge is -2.35. The van der Waals surface area contributed by atoms with Crippen molar-refractivity contribution in [3.05, 3.63) is 57.6 Å². The molecular weight excluding hydrogens is 401 g/mol. The second-order valence-corrected chi connectivity index (χ2v) is 8.07. The van der Waals surface area contributed by atoms with E-state index in [1.807, 2.05) is 19.2 Å². The summed E-state index contributed by atoms with van der Waals surface area (Å²) in [5.74, 6) is -1.13. The molecule has 2 N–H and O–H groups in total. The molecule has 162 valence electrons. The van der Waals surface area contributed by atoms with Crippen molar-refractivity contribution in [3.8, 4) is 0 Å². The number of carbonyl (C=O) groups is 1. The van der Waals surface area contributed by atoms with Crippen LogP contribution in [0, 0.1) is 5.82 Å². The maximum Gasteiger partial charge on any atom is 0.273 e. The Labute approximate surface area is 177 Å². The number of halogens is 1. The topological polar surface area (TPSA) is 98.6 Å². The average molecular weight is 425 g/mol. The molecule has 1 aliphatic heterocycles. The molecule has 2 aliphatic rings. The van der Waals surface area contributed by atoms with E-state index < -0.39 is 11.7 Å². The van der Waals surface area contributed by atoms with Crippen LogP contribution in [0.1, 0.15) is 35.1 Å². The van der Waals surface area contributed by atoms with Gasteiger partial charge in [-0.2, -0.15) is 5.10 Å². The first-order valence-electron chi connectivity index (χ1n) is 10.5. The lowest BCUT2D eigenvalue weighted by molar-refractivity contribution is 0.0953. The molecule has 0 radical (unpaired) electrons. The average Bonchev–Trinajstić information content (AvgIpc) is 3.47. The van der Waals surface area contributed by atoms with Gasteiger partial charge in [0.05, 0.1) is 11.9 Å². The number of nitrogens with one attached hydrogen (secondary N) is 2. The Hall–Kier alpha value is -3.27. The first kappa shape index (κ1) is 19.7. The van der Waals surface area contributed by atoms with E-state index in [2.05, 4.69) is 30.2 Å². The van der Waals surface area contributed by atoms with Crippen molar-refractivity contribution in [1.29, 1.82) is 0 Å². The van der Waals surface area contributed by atoms with Gasteiger partial charge >= 0.3 is 0 Å². The van der Waals surface area contributed by atoms with Gasteiger partial charge in [0.25, 0.3) is 11.5 Å². The molecule has 1 aliphatic carbocycles. The third-order valence-electron chi connectivity index (χ3n) is 6.13. The summed E-state index contributed by atoms with van der Waals surface area (Å²) in [5.41, 5.74) is 2.70. The van der Waals surface area contributed by atoms with Gasteiger partial charge in [0.1, 0.15) is 11.3 Å². The Morgan fingerprint density at radius 2 is 2.16 bits per heavy atom. The van der Waals surface area contributed by atoms with Crippen LogP contribution in [0.15, 0.2) is 29.3 Å². The van der Waals surface area contributed by atoms with Gasteiger partial charge in [-0.15, -0.1) is 0 Å². The van der Waals surface area contributed by atoms with Gasteiger partial charge in [-0.05, 0) is 24.5 Å². The van der Waals surface area contributed by atoms with Crippen LogP contribution in [0.25, 0.3) is 5.65 Å². The number of rotatable bonds is 5. The van der Waals surface area contributed by atoms with Crippen molar-refractivity contribution in [1.82, 2.24) is 29.8 Å². The summed E-state index contributed by atoms with van der Waals surface area (Å²) in [5, 5.41) is 6.80. The lowest BCUT2D eigenvalue weighted by atomic mass is 10.2. The first-order chi connectivity index (χ1) is 15.0. The number of anilines is 1. The quantitative estimate of drug-likeness (QED) is 0.632. The Morgan fingerprint density at radius 3 is 2.90 bits per heavy atom. The van der Waals surface area contributed by atoms with Crippen molar-refractivity contribution >= 4 is 17.2 Å². The van der Waals surface area contributed by atoms with Crippen LogP contribution in [0.5, 0.6) is 0 Å². The summed E-state index contributed by atoms with van der Waals surface area (Å²) in [6.07, 6.45) is 5.13. The summed E-state index contributed by atoms with van der Waals surface area (Å²) in [7, 11) is 1.45. The van der Waals surface area contributed by atoms with Crippen molar-refractivity contribution in [2.24, 2.45) is 0 Å². The monoisotopic (exact) mass is 425 g/mol. The summed E-state index contributed by atoms with van der Waals surface area (Å²) in [6, 6.07) is 4.06. The van der Waals surface area contributed by atoms with Crippen molar-refractivity contribution in [2.75, 3.05) is 25.0 Å². The third kappa shape index (κ3) is 3.46. The highest BCUT2D eigenvalue weighted by Gasteiger charge is 2.49. The fraction of sp³-hybridized carbons (Fsp3) is 0.429. The standard InChI is InChI=1S/C21H24FN7O2/c1-3-15-20(30)25-18-6-12(11-29(18)26-15)10-27-4-5-28(17-8-16(17)27)13-7-14(22)19(24-9-13)21(31)23-2/h6-7,9,11,16-17H,3-5,8,10H2,1-2H3,(H,23,31)(H,25,30). The summed E-state index contributed by atoms with van der Waals surface area (Å²) in [6.45, 7) is 4.26. The number of nitrogens with zero attached hydrogens (tertiary/aromatic N) is 5. The zero-order chi connectivity index (χ0) is 21.7. The largest absolute Gasteiger partial charge is 0.364 e. The van der Waals surface area contributed by atoms with E-state index in [0.29, 0.717) is 35.5 Å². The molecule has 3 aromatic heterocycles. The number of carbonyl (C=O) groups excluding carboxylic acids is 1. The summed E-state index contributed by atoms with van der Waals surface area (Å²) in [4.78, 5) is 35.2.